The van der Waals surface area contributed by atoms with Crippen molar-refractivity contribution in [3.8, 4) is 0 Å². The van der Waals surface area contributed by atoms with Gasteiger partial charge in [-0.25, -0.2) is 9.59 Å². The van der Waals surface area contributed by atoms with Crippen LogP contribution in [0.1, 0.15) is 13.3 Å². The monoisotopic (exact) mass is 376 g/mol. The van der Waals surface area contributed by atoms with Crippen LogP contribution in [0.5, 0.6) is 0 Å². The van der Waals surface area contributed by atoms with Gasteiger partial charge in [0.15, 0.2) is 12.7 Å². The Bertz CT molecular complexity index is 756. The van der Waals surface area contributed by atoms with Gasteiger partial charge in [0, 0.05) is 12.0 Å². The average molecular weight is 376 g/mol. The van der Waals surface area contributed by atoms with Gasteiger partial charge in [-0.2, -0.15) is 8.42 Å². The molecule has 138 valence electrons. The lowest BCUT2D eigenvalue weighted by Crippen LogP contribution is -2.54. The van der Waals surface area contributed by atoms with Gasteiger partial charge in [0.2, 0.25) is 4.75 Å². The summed E-state index contributed by atoms with van der Waals surface area (Å²) in [6, 6.07) is 0. The van der Waals surface area contributed by atoms with E-state index < -0.39 is 63.8 Å². The molecule has 0 radical (unpaired) electrons. The van der Waals surface area contributed by atoms with E-state index in [-0.39, 0.29) is 12.0 Å². The summed E-state index contributed by atoms with van der Waals surface area (Å²) in [4.78, 5) is 35.1. The molecule has 0 N–H and O–H groups in total. The lowest BCUT2D eigenvalue weighted by Gasteiger charge is -2.26. The SMILES string of the molecule is C=C(C)C(=O)OCC(=O)OC1C2CC3(C(=O)OC)C(O2)C1OS3(=O)=O. The van der Waals surface area contributed by atoms with Crippen molar-refractivity contribution in [2.75, 3.05) is 13.7 Å². The fourth-order valence-corrected chi connectivity index (χ4v) is 5.12. The highest BCUT2D eigenvalue weighted by Gasteiger charge is 2.79. The molecule has 0 aromatic heterocycles. The second kappa shape index (κ2) is 5.78. The van der Waals surface area contributed by atoms with Crippen molar-refractivity contribution < 1.29 is 45.9 Å². The Kier molecular flexibility index (Phi) is 4.12. The highest BCUT2D eigenvalue weighted by atomic mass is 32.2. The van der Waals surface area contributed by atoms with E-state index in [4.69, 9.17) is 13.7 Å². The molecule has 0 aromatic carbocycles. The predicted molar refractivity (Wildman–Crippen MR) is 77.5 cm³/mol. The van der Waals surface area contributed by atoms with Crippen LogP contribution in [0.2, 0.25) is 0 Å². The minimum absolute atomic E-state index is 0.115. The summed E-state index contributed by atoms with van der Waals surface area (Å²) >= 11 is 0. The van der Waals surface area contributed by atoms with Crippen molar-refractivity contribution in [3.05, 3.63) is 12.2 Å². The maximum Gasteiger partial charge on any atom is 0.344 e. The molecule has 0 spiro atoms. The molecule has 3 heterocycles. The zero-order chi connectivity index (χ0) is 18.6. The van der Waals surface area contributed by atoms with Gasteiger partial charge in [0.05, 0.1) is 7.11 Å². The van der Waals surface area contributed by atoms with Gasteiger partial charge in [0.1, 0.15) is 18.3 Å². The lowest BCUT2D eigenvalue weighted by molar-refractivity contribution is -0.165. The van der Waals surface area contributed by atoms with Crippen LogP contribution in [0.4, 0.5) is 0 Å². The van der Waals surface area contributed by atoms with Gasteiger partial charge >= 0.3 is 17.9 Å². The first-order valence-corrected chi connectivity index (χ1v) is 8.73. The molecular weight excluding hydrogens is 360 g/mol. The normalized spacial score (nSPS) is 36.7. The summed E-state index contributed by atoms with van der Waals surface area (Å²) in [6.45, 7) is 4.12. The Morgan fingerprint density at radius 2 is 2.00 bits per heavy atom. The molecule has 0 aliphatic carbocycles. The van der Waals surface area contributed by atoms with Crippen LogP contribution in [0, 0.1) is 0 Å². The minimum atomic E-state index is -4.30. The molecule has 3 fully saturated rings. The molecular formula is C14H16O10S. The standard InChI is InChI=1S/C14H16O10S/c1-6(2)12(16)21-5-8(15)23-9-7-4-14(13(17)20-3)11(22-7)10(9)24-25(14,18)19/h7,9-11H,1,4-5H2,2-3H3. The fraction of sp³-hybridized carbons (Fsp3) is 0.643. The first-order valence-electron chi connectivity index (χ1n) is 7.33. The summed E-state index contributed by atoms with van der Waals surface area (Å²) in [6.07, 6.45) is -4.38. The molecule has 11 heteroatoms. The quantitative estimate of drug-likeness (QED) is 0.250. The number of carbonyl (C=O) groups is 3. The van der Waals surface area contributed by atoms with E-state index in [1.54, 1.807) is 0 Å². The molecule has 25 heavy (non-hydrogen) atoms. The largest absolute Gasteiger partial charge is 0.468 e. The summed E-state index contributed by atoms with van der Waals surface area (Å²) in [5.74, 6) is -2.62. The van der Waals surface area contributed by atoms with Crippen LogP contribution in [0.15, 0.2) is 12.2 Å². The molecule has 3 rings (SSSR count). The van der Waals surface area contributed by atoms with Gasteiger partial charge in [-0.05, 0) is 6.92 Å². The predicted octanol–water partition coefficient (Wildman–Crippen LogP) is -1.17. The number of fused-ring (bicyclic) bond motifs is 1. The Balaban J connectivity index is 1.71. The van der Waals surface area contributed by atoms with E-state index in [1.807, 2.05) is 0 Å². The van der Waals surface area contributed by atoms with Crippen molar-refractivity contribution in [2.45, 2.75) is 42.5 Å². The molecule has 3 aliphatic heterocycles. The number of carbonyl (C=O) groups excluding carboxylic acids is 3. The second-order valence-electron chi connectivity index (χ2n) is 6.01. The van der Waals surface area contributed by atoms with Crippen LogP contribution in [0.3, 0.4) is 0 Å². The van der Waals surface area contributed by atoms with Crippen LogP contribution in [0.25, 0.3) is 0 Å². The van der Waals surface area contributed by atoms with E-state index in [0.29, 0.717) is 0 Å². The third-order valence-corrected chi connectivity index (χ3v) is 6.36. The third kappa shape index (κ3) is 2.45. The molecule has 0 saturated carbocycles. The van der Waals surface area contributed by atoms with Crippen molar-refractivity contribution in [1.82, 2.24) is 0 Å². The van der Waals surface area contributed by atoms with E-state index in [2.05, 4.69) is 16.1 Å². The molecule has 5 atom stereocenters. The summed E-state index contributed by atoms with van der Waals surface area (Å²) < 4.78 is 47.5. The van der Waals surface area contributed by atoms with E-state index in [9.17, 15) is 22.8 Å². The van der Waals surface area contributed by atoms with Crippen LogP contribution >= 0.6 is 0 Å². The number of ether oxygens (including phenoxy) is 4. The summed E-state index contributed by atoms with van der Waals surface area (Å²) in [5.41, 5.74) is 0.115. The zero-order valence-corrected chi connectivity index (χ0v) is 14.2. The number of methoxy groups -OCH3 is 1. The van der Waals surface area contributed by atoms with Crippen molar-refractivity contribution in [1.29, 1.82) is 0 Å². The third-order valence-electron chi connectivity index (χ3n) is 4.43. The summed E-state index contributed by atoms with van der Waals surface area (Å²) in [7, 11) is -3.23. The lowest BCUT2D eigenvalue weighted by atomic mass is 9.84. The van der Waals surface area contributed by atoms with Crippen molar-refractivity contribution in [3.63, 3.8) is 0 Å². The highest BCUT2D eigenvalue weighted by molar-refractivity contribution is 7.89. The van der Waals surface area contributed by atoms with Crippen LogP contribution in [-0.2, 0) is 47.6 Å². The van der Waals surface area contributed by atoms with Crippen LogP contribution < -0.4 is 0 Å². The molecule has 0 aromatic rings. The number of esters is 3. The molecule has 3 aliphatic rings. The number of hydrogen-bond donors (Lipinski definition) is 0. The van der Waals surface area contributed by atoms with Crippen molar-refractivity contribution >= 4 is 28.0 Å². The fourth-order valence-electron chi connectivity index (χ4n) is 3.31. The zero-order valence-electron chi connectivity index (χ0n) is 13.4. The van der Waals surface area contributed by atoms with Crippen LogP contribution in [-0.4, -0.2) is 69.2 Å². The first-order chi connectivity index (χ1) is 11.6. The first kappa shape index (κ1) is 17.8. The molecule has 3 saturated heterocycles. The number of rotatable bonds is 5. The van der Waals surface area contributed by atoms with E-state index in [0.717, 1.165) is 7.11 Å². The topological polar surface area (TPSA) is 132 Å². The molecule has 2 bridgehead atoms. The van der Waals surface area contributed by atoms with E-state index >= 15 is 0 Å². The molecule has 10 nitrogen and oxygen atoms in total. The van der Waals surface area contributed by atoms with Crippen molar-refractivity contribution in [2.24, 2.45) is 0 Å². The maximum absolute atomic E-state index is 12.3. The maximum atomic E-state index is 12.3. The van der Waals surface area contributed by atoms with Gasteiger partial charge in [-0.15, -0.1) is 0 Å². The van der Waals surface area contributed by atoms with Gasteiger partial charge < -0.3 is 18.9 Å². The van der Waals surface area contributed by atoms with Gasteiger partial charge in [0.25, 0.3) is 10.1 Å². The minimum Gasteiger partial charge on any atom is -0.468 e. The average Bonchev–Trinajstić information content (AvgIpc) is 3.13. The summed E-state index contributed by atoms with van der Waals surface area (Å²) in [5, 5.41) is 0. The molecule has 0 amide bonds. The second-order valence-corrected chi connectivity index (χ2v) is 7.84. The van der Waals surface area contributed by atoms with Gasteiger partial charge in [-0.1, -0.05) is 6.58 Å². The van der Waals surface area contributed by atoms with E-state index in [1.165, 1.54) is 6.92 Å². The number of hydrogen-bond acceptors (Lipinski definition) is 10. The Labute approximate surface area is 143 Å². The highest BCUT2D eigenvalue weighted by Crippen LogP contribution is 2.55. The van der Waals surface area contributed by atoms with Gasteiger partial charge in [-0.3, -0.25) is 8.98 Å². The Morgan fingerprint density at radius 1 is 1.32 bits per heavy atom. The molecule has 5 unspecified atom stereocenters. The Hall–Kier alpha value is -1.98. The smallest absolute Gasteiger partial charge is 0.344 e. The Morgan fingerprint density at radius 3 is 2.60 bits per heavy atom.